The molecular weight excluding hydrogens is 450 g/mol. The van der Waals surface area contributed by atoms with Crippen molar-refractivity contribution in [2.24, 2.45) is 0 Å². The van der Waals surface area contributed by atoms with Gasteiger partial charge in [0.25, 0.3) is 0 Å². The van der Waals surface area contributed by atoms with Gasteiger partial charge in [-0.1, -0.05) is 133 Å². The first kappa shape index (κ1) is 14.6. The molecule has 0 saturated heterocycles. The van der Waals surface area contributed by atoms with Crippen molar-refractivity contribution in [3.05, 3.63) is 150 Å². The Morgan fingerprint density at radius 3 is 1.32 bits per heavy atom. The maximum atomic E-state index is 8.77. The van der Waals surface area contributed by atoms with E-state index < -0.39 is 30.1 Å². The summed E-state index contributed by atoms with van der Waals surface area (Å²) in [4.78, 5) is 14.3. The van der Waals surface area contributed by atoms with Gasteiger partial charge in [-0.05, 0) is 27.8 Å². The third-order valence-electron chi connectivity index (χ3n) is 6.46. The van der Waals surface area contributed by atoms with Crippen molar-refractivity contribution in [2.75, 3.05) is 0 Å². The van der Waals surface area contributed by atoms with Gasteiger partial charge in [-0.2, -0.15) is 0 Å². The highest BCUT2D eigenvalue weighted by molar-refractivity contribution is 5.80. The summed E-state index contributed by atoms with van der Waals surface area (Å²) in [7, 11) is 0. The van der Waals surface area contributed by atoms with Crippen molar-refractivity contribution in [3.63, 3.8) is 0 Å². The van der Waals surface area contributed by atoms with E-state index in [2.05, 4.69) is 0 Å². The Morgan fingerprint density at radius 1 is 0.459 bits per heavy atom. The van der Waals surface area contributed by atoms with Crippen molar-refractivity contribution >= 4 is 0 Å². The molecule has 174 valence electrons. The van der Waals surface area contributed by atoms with Gasteiger partial charge in [-0.3, -0.25) is 0 Å². The fraction of sp³-hybridized carbons (Fsp3) is 0.0294. The summed E-state index contributed by atoms with van der Waals surface area (Å²) < 4.78 is 68.1. The highest BCUT2D eigenvalue weighted by atomic mass is 15.0. The van der Waals surface area contributed by atoms with Gasteiger partial charge in [0.1, 0.15) is 0 Å². The summed E-state index contributed by atoms with van der Waals surface area (Å²) in [5.74, 6) is 0.610. The van der Waals surface area contributed by atoms with Gasteiger partial charge in [-0.25, -0.2) is 15.0 Å². The van der Waals surface area contributed by atoms with Crippen LogP contribution in [0.1, 0.15) is 33.6 Å². The van der Waals surface area contributed by atoms with Gasteiger partial charge >= 0.3 is 0 Å². The van der Waals surface area contributed by atoms with E-state index in [0.717, 1.165) is 11.1 Å². The van der Waals surface area contributed by atoms with Crippen LogP contribution in [-0.4, -0.2) is 15.0 Å². The van der Waals surface area contributed by atoms with E-state index in [9.17, 15) is 0 Å². The molecule has 0 spiro atoms. The summed E-state index contributed by atoms with van der Waals surface area (Å²) in [6.07, 6.45) is 0. The number of nitrogens with zero attached hydrogens (tertiary/aromatic N) is 3. The zero-order chi connectivity index (χ0) is 31.6. The maximum Gasteiger partial charge on any atom is 0.164 e. The van der Waals surface area contributed by atoms with Gasteiger partial charge in [0.2, 0.25) is 0 Å². The third kappa shape index (κ3) is 3.82. The summed E-state index contributed by atoms with van der Waals surface area (Å²) in [6.45, 7) is 0. The SMILES string of the molecule is [2H]c1c([2H])c([2H])c2c(c1[2H])-c1c([2H])c([2H])c([2H])c([2H])c1C2c1ccc(-c2nc(-c3ccccc3)nc(-c3ccccc3)n2)cc1. The minimum atomic E-state index is -0.843. The fourth-order valence-electron chi connectivity index (χ4n) is 4.71. The molecule has 0 aliphatic heterocycles. The lowest BCUT2D eigenvalue weighted by atomic mass is 9.89. The number of hydrogen-bond acceptors (Lipinski definition) is 3. The van der Waals surface area contributed by atoms with Gasteiger partial charge in [0.05, 0.1) is 11.0 Å². The van der Waals surface area contributed by atoms with Crippen LogP contribution in [0.15, 0.2) is 133 Å². The molecule has 0 saturated carbocycles. The average Bonchev–Trinajstić information content (AvgIpc) is 3.45. The Morgan fingerprint density at radius 2 is 0.865 bits per heavy atom. The molecule has 0 radical (unpaired) electrons. The molecule has 0 amide bonds. The molecule has 37 heavy (non-hydrogen) atoms. The van der Waals surface area contributed by atoms with Crippen LogP contribution in [0.4, 0.5) is 0 Å². The summed E-state index contributed by atoms with van der Waals surface area (Å²) in [6, 6.07) is 23.4. The summed E-state index contributed by atoms with van der Waals surface area (Å²) >= 11 is 0. The maximum absolute atomic E-state index is 8.77. The first-order valence-corrected chi connectivity index (χ1v) is 11.9. The molecule has 0 unspecified atom stereocenters. The molecular formula is C34H23N3. The Hall–Kier alpha value is -4.89. The highest BCUT2D eigenvalue weighted by Crippen LogP contribution is 2.47. The quantitative estimate of drug-likeness (QED) is 0.255. The normalized spacial score (nSPS) is 15.2. The van der Waals surface area contributed by atoms with Gasteiger partial charge in [-0.15, -0.1) is 0 Å². The second-order valence-electron chi connectivity index (χ2n) is 8.67. The molecule has 1 aromatic heterocycles. The Kier molecular flexibility index (Phi) is 3.54. The molecule has 1 aliphatic carbocycles. The van der Waals surface area contributed by atoms with Crippen LogP contribution in [0.25, 0.3) is 45.3 Å². The van der Waals surface area contributed by atoms with E-state index >= 15 is 0 Å². The highest BCUT2D eigenvalue weighted by Gasteiger charge is 2.29. The fourth-order valence-corrected chi connectivity index (χ4v) is 4.71. The molecule has 7 rings (SSSR count). The van der Waals surface area contributed by atoms with Crippen LogP contribution in [0, 0.1) is 0 Å². The standard InChI is InChI=1S/C34H23N3/c1-3-11-24(12-4-1)32-35-33(25-13-5-2-6-14-25)37-34(36-32)26-21-19-23(20-22-26)31-29-17-9-7-15-27(29)28-16-8-10-18-30(28)31/h1-22,31H/i7D,8D,9D,10D,15D,16D,17D,18D. The summed E-state index contributed by atoms with van der Waals surface area (Å²) in [5, 5.41) is 0. The van der Waals surface area contributed by atoms with Gasteiger partial charge in [0, 0.05) is 22.6 Å². The lowest BCUT2D eigenvalue weighted by Gasteiger charge is -2.15. The van der Waals surface area contributed by atoms with E-state index in [0.29, 0.717) is 28.6 Å². The molecule has 0 N–H and O–H groups in total. The minimum absolute atomic E-state index is 0.106. The van der Waals surface area contributed by atoms with Crippen LogP contribution in [0.2, 0.25) is 0 Å². The molecule has 0 fully saturated rings. The molecule has 0 bridgehead atoms. The Balaban J connectivity index is 1.41. The molecule has 5 aromatic carbocycles. The van der Waals surface area contributed by atoms with Gasteiger partial charge < -0.3 is 0 Å². The predicted octanol–water partition coefficient (Wildman–Crippen LogP) is 8.03. The first-order chi connectivity index (χ1) is 21.7. The number of benzene rings is 5. The second kappa shape index (κ2) is 8.96. The number of fused-ring (bicyclic) bond motifs is 3. The van der Waals surface area contributed by atoms with Crippen molar-refractivity contribution in [1.29, 1.82) is 0 Å². The molecule has 3 heteroatoms. The monoisotopic (exact) mass is 481 g/mol. The van der Waals surface area contributed by atoms with Crippen molar-refractivity contribution in [3.8, 4) is 45.3 Å². The Labute approximate surface area is 227 Å². The molecule has 6 aromatic rings. The van der Waals surface area contributed by atoms with Crippen molar-refractivity contribution in [2.45, 2.75) is 5.92 Å². The smallest absolute Gasteiger partial charge is 0.164 e. The number of aromatic nitrogens is 3. The van der Waals surface area contributed by atoms with E-state index in [4.69, 9.17) is 25.9 Å². The van der Waals surface area contributed by atoms with E-state index in [1.165, 1.54) is 0 Å². The lowest BCUT2D eigenvalue weighted by Crippen LogP contribution is -2.01. The molecule has 3 nitrogen and oxygen atoms in total. The molecule has 0 atom stereocenters. The van der Waals surface area contributed by atoms with Crippen LogP contribution >= 0.6 is 0 Å². The first-order valence-electron chi connectivity index (χ1n) is 15.9. The van der Waals surface area contributed by atoms with Gasteiger partial charge in [0.15, 0.2) is 17.5 Å². The van der Waals surface area contributed by atoms with Crippen LogP contribution in [0.5, 0.6) is 0 Å². The van der Waals surface area contributed by atoms with E-state index in [1.54, 1.807) is 12.1 Å². The number of rotatable bonds is 4. The molecule has 1 heterocycles. The van der Waals surface area contributed by atoms with Crippen molar-refractivity contribution in [1.82, 2.24) is 15.0 Å². The van der Waals surface area contributed by atoms with E-state index in [-0.39, 0.29) is 46.4 Å². The minimum Gasteiger partial charge on any atom is -0.208 e. The van der Waals surface area contributed by atoms with E-state index in [1.807, 2.05) is 72.8 Å². The third-order valence-corrected chi connectivity index (χ3v) is 6.46. The largest absolute Gasteiger partial charge is 0.208 e. The topological polar surface area (TPSA) is 38.7 Å². The second-order valence-corrected chi connectivity index (χ2v) is 8.67. The van der Waals surface area contributed by atoms with Crippen LogP contribution in [0.3, 0.4) is 0 Å². The van der Waals surface area contributed by atoms with Crippen molar-refractivity contribution < 1.29 is 11.0 Å². The predicted molar refractivity (Wildman–Crippen MR) is 149 cm³/mol. The van der Waals surface area contributed by atoms with Crippen LogP contribution in [-0.2, 0) is 0 Å². The Bertz CT molecular complexity index is 2010. The lowest BCUT2D eigenvalue weighted by molar-refractivity contribution is 1.01. The summed E-state index contributed by atoms with van der Waals surface area (Å²) in [5.41, 5.74) is 3.62. The molecule has 1 aliphatic rings. The van der Waals surface area contributed by atoms with Crippen LogP contribution < -0.4 is 0 Å². The average molecular weight is 482 g/mol. The number of hydrogen-bond donors (Lipinski definition) is 0. The zero-order valence-electron chi connectivity index (χ0n) is 27.5. The zero-order valence-corrected chi connectivity index (χ0v) is 19.5.